The molecule has 0 radical (unpaired) electrons. The number of rotatable bonds is 10. The van der Waals surface area contributed by atoms with Crippen LogP contribution in [0.1, 0.15) is 51.0 Å². The van der Waals surface area contributed by atoms with Crippen LogP contribution in [-0.2, 0) is 9.59 Å². The first-order valence-corrected chi connectivity index (χ1v) is 10.2. The second-order valence-electron chi connectivity index (χ2n) is 6.93. The highest BCUT2D eigenvalue weighted by Gasteiger charge is 2.15. The monoisotopic (exact) mass is 388 g/mol. The lowest BCUT2D eigenvalue weighted by Gasteiger charge is -2.20. The van der Waals surface area contributed by atoms with E-state index in [2.05, 4.69) is 5.32 Å². The van der Waals surface area contributed by atoms with Crippen LogP contribution in [-0.4, -0.2) is 50.1 Å². The molecule has 0 atom stereocenters. The lowest BCUT2D eigenvalue weighted by molar-refractivity contribution is -0.130. The van der Waals surface area contributed by atoms with E-state index in [4.69, 9.17) is 9.47 Å². The highest BCUT2D eigenvalue weighted by Crippen LogP contribution is 2.28. The van der Waals surface area contributed by atoms with E-state index in [0.29, 0.717) is 37.6 Å². The van der Waals surface area contributed by atoms with Crippen molar-refractivity contribution in [3.8, 4) is 11.5 Å². The van der Waals surface area contributed by atoms with E-state index in [0.717, 1.165) is 44.2 Å². The number of hydrogen-bond donors (Lipinski definition) is 1. The number of nitrogens with one attached hydrogen (secondary N) is 1. The normalized spacial score (nSPS) is 14.8. The standard InChI is InChI=1S/C22H32N2O4/c1-3-16-28-19-11-9-18(17-20(19)27-2)10-12-21(25)23-13-7-15-24-14-6-4-5-8-22(24)26/h9-12,17H,3-8,13-16H2,1-2H3,(H,23,25)/b12-10+. The fourth-order valence-corrected chi connectivity index (χ4v) is 3.11. The maximum absolute atomic E-state index is 12.0. The summed E-state index contributed by atoms with van der Waals surface area (Å²) in [7, 11) is 1.60. The van der Waals surface area contributed by atoms with Crippen molar-refractivity contribution in [2.45, 2.75) is 45.4 Å². The van der Waals surface area contributed by atoms with Gasteiger partial charge in [0.25, 0.3) is 0 Å². The van der Waals surface area contributed by atoms with Gasteiger partial charge in [-0.3, -0.25) is 9.59 Å². The van der Waals surface area contributed by atoms with Gasteiger partial charge in [0.1, 0.15) is 0 Å². The topological polar surface area (TPSA) is 67.9 Å². The molecule has 6 heteroatoms. The SMILES string of the molecule is CCCOc1ccc(/C=C/C(=O)NCCCN2CCCCCC2=O)cc1OC. The second-order valence-corrected chi connectivity index (χ2v) is 6.93. The molecule has 2 amide bonds. The van der Waals surface area contributed by atoms with Crippen molar-refractivity contribution < 1.29 is 19.1 Å². The van der Waals surface area contributed by atoms with Crippen molar-refractivity contribution in [1.29, 1.82) is 0 Å². The molecule has 1 aliphatic heterocycles. The molecule has 0 aromatic heterocycles. The van der Waals surface area contributed by atoms with Crippen molar-refractivity contribution in [2.75, 3.05) is 33.4 Å². The van der Waals surface area contributed by atoms with Gasteiger partial charge >= 0.3 is 0 Å². The van der Waals surface area contributed by atoms with Crippen molar-refractivity contribution in [1.82, 2.24) is 10.2 Å². The summed E-state index contributed by atoms with van der Waals surface area (Å²) in [6, 6.07) is 5.59. The van der Waals surface area contributed by atoms with Crippen LogP contribution in [0.15, 0.2) is 24.3 Å². The van der Waals surface area contributed by atoms with Crippen LogP contribution in [0, 0.1) is 0 Å². The lowest BCUT2D eigenvalue weighted by Crippen LogP contribution is -2.33. The Hall–Kier alpha value is -2.50. The van der Waals surface area contributed by atoms with Crippen molar-refractivity contribution in [3.63, 3.8) is 0 Å². The number of carbonyl (C=O) groups is 2. The molecule has 1 heterocycles. The molecule has 0 aliphatic carbocycles. The average Bonchev–Trinajstić information content (AvgIpc) is 2.92. The van der Waals surface area contributed by atoms with E-state index in [1.807, 2.05) is 30.0 Å². The van der Waals surface area contributed by atoms with Crippen LogP contribution in [0.3, 0.4) is 0 Å². The summed E-state index contributed by atoms with van der Waals surface area (Å²) in [5, 5.41) is 2.87. The van der Waals surface area contributed by atoms with Crippen molar-refractivity contribution >= 4 is 17.9 Å². The highest BCUT2D eigenvalue weighted by atomic mass is 16.5. The molecule has 1 aromatic carbocycles. The van der Waals surface area contributed by atoms with Crippen LogP contribution >= 0.6 is 0 Å². The molecule has 2 rings (SSSR count). The van der Waals surface area contributed by atoms with Gasteiger partial charge in [-0.05, 0) is 49.5 Å². The smallest absolute Gasteiger partial charge is 0.244 e. The Kier molecular flexibility index (Phi) is 9.39. The summed E-state index contributed by atoms with van der Waals surface area (Å²) in [5.41, 5.74) is 0.867. The minimum Gasteiger partial charge on any atom is -0.493 e. The second kappa shape index (κ2) is 12.1. The number of carbonyl (C=O) groups excluding carboxylic acids is 2. The van der Waals surface area contributed by atoms with Gasteiger partial charge in [-0.2, -0.15) is 0 Å². The van der Waals surface area contributed by atoms with Gasteiger partial charge in [0.15, 0.2) is 11.5 Å². The largest absolute Gasteiger partial charge is 0.493 e. The third kappa shape index (κ3) is 7.25. The molecular weight excluding hydrogens is 356 g/mol. The predicted octanol–water partition coefficient (Wildman–Crippen LogP) is 3.41. The fourth-order valence-electron chi connectivity index (χ4n) is 3.11. The summed E-state index contributed by atoms with van der Waals surface area (Å²) >= 11 is 0. The lowest BCUT2D eigenvalue weighted by atomic mass is 10.2. The average molecular weight is 389 g/mol. The molecule has 0 bridgehead atoms. The van der Waals surface area contributed by atoms with E-state index in [-0.39, 0.29) is 11.8 Å². The van der Waals surface area contributed by atoms with Crippen LogP contribution in [0.5, 0.6) is 11.5 Å². The molecule has 1 aromatic rings. The van der Waals surface area contributed by atoms with Crippen LogP contribution in [0.2, 0.25) is 0 Å². The number of benzene rings is 1. The summed E-state index contributed by atoms with van der Waals surface area (Å²) in [4.78, 5) is 25.9. The van der Waals surface area contributed by atoms with Gasteiger partial charge in [0, 0.05) is 32.1 Å². The molecular formula is C22H32N2O4. The first-order valence-electron chi connectivity index (χ1n) is 10.2. The number of likely N-dealkylation sites (tertiary alicyclic amines) is 1. The van der Waals surface area contributed by atoms with Crippen LogP contribution in [0.25, 0.3) is 6.08 Å². The van der Waals surface area contributed by atoms with Gasteiger partial charge in [-0.15, -0.1) is 0 Å². The summed E-state index contributed by atoms with van der Waals surface area (Å²) in [5.74, 6) is 1.45. The molecule has 0 saturated carbocycles. The van der Waals surface area contributed by atoms with E-state index < -0.39 is 0 Å². The summed E-state index contributed by atoms with van der Waals surface area (Å²) in [6.07, 6.45) is 8.80. The summed E-state index contributed by atoms with van der Waals surface area (Å²) in [6.45, 7) is 4.79. The van der Waals surface area contributed by atoms with Gasteiger partial charge < -0.3 is 19.7 Å². The van der Waals surface area contributed by atoms with Crippen LogP contribution in [0.4, 0.5) is 0 Å². The molecule has 6 nitrogen and oxygen atoms in total. The highest BCUT2D eigenvalue weighted by molar-refractivity contribution is 5.91. The Bertz CT molecular complexity index is 673. The Morgan fingerprint density at radius 2 is 2.11 bits per heavy atom. The summed E-state index contributed by atoms with van der Waals surface area (Å²) < 4.78 is 11.0. The third-order valence-corrected chi connectivity index (χ3v) is 4.65. The van der Waals surface area contributed by atoms with E-state index in [9.17, 15) is 9.59 Å². The van der Waals surface area contributed by atoms with Crippen LogP contribution < -0.4 is 14.8 Å². The first kappa shape index (κ1) is 21.8. The number of amides is 2. The number of hydrogen-bond acceptors (Lipinski definition) is 4. The van der Waals surface area contributed by atoms with Crippen molar-refractivity contribution in [3.05, 3.63) is 29.8 Å². The zero-order valence-corrected chi connectivity index (χ0v) is 17.0. The van der Waals surface area contributed by atoms with E-state index in [1.54, 1.807) is 13.2 Å². The van der Waals surface area contributed by atoms with E-state index >= 15 is 0 Å². The fraction of sp³-hybridized carbons (Fsp3) is 0.545. The zero-order valence-electron chi connectivity index (χ0n) is 17.0. The van der Waals surface area contributed by atoms with Crippen molar-refractivity contribution in [2.24, 2.45) is 0 Å². The minimum atomic E-state index is -0.146. The molecule has 1 N–H and O–H groups in total. The quantitative estimate of drug-likeness (QED) is 0.493. The molecule has 1 fully saturated rings. The van der Waals surface area contributed by atoms with Gasteiger partial charge in [-0.25, -0.2) is 0 Å². The molecule has 28 heavy (non-hydrogen) atoms. The number of methoxy groups -OCH3 is 1. The molecule has 1 aliphatic rings. The minimum absolute atomic E-state index is 0.146. The van der Waals surface area contributed by atoms with E-state index in [1.165, 1.54) is 6.08 Å². The predicted molar refractivity (Wildman–Crippen MR) is 110 cm³/mol. The Balaban J connectivity index is 1.76. The third-order valence-electron chi connectivity index (χ3n) is 4.65. The molecule has 0 spiro atoms. The van der Waals surface area contributed by atoms with Gasteiger partial charge in [-0.1, -0.05) is 19.4 Å². The molecule has 154 valence electrons. The first-order chi connectivity index (χ1) is 13.6. The Morgan fingerprint density at radius 1 is 1.25 bits per heavy atom. The number of nitrogens with zero attached hydrogens (tertiary/aromatic N) is 1. The Labute approximate surface area is 167 Å². The maximum Gasteiger partial charge on any atom is 0.244 e. The Morgan fingerprint density at radius 3 is 2.89 bits per heavy atom. The molecule has 1 saturated heterocycles. The van der Waals surface area contributed by atoms with Gasteiger partial charge in [0.2, 0.25) is 11.8 Å². The van der Waals surface area contributed by atoms with Gasteiger partial charge in [0.05, 0.1) is 13.7 Å². The maximum atomic E-state index is 12.0. The zero-order chi connectivity index (χ0) is 20.2. The number of ether oxygens (including phenoxy) is 2. The molecule has 0 unspecified atom stereocenters.